The second-order valence-electron chi connectivity index (χ2n) is 4.76. The van der Waals surface area contributed by atoms with E-state index in [4.69, 9.17) is 0 Å². The smallest absolute Gasteiger partial charge is 0.269 e. The molecule has 0 spiro atoms. The molecule has 0 bridgehead atoms. The van der Waals surface area contributed by atoms with Crippen LogP contribution in [0.2, 0.25) is 0 Å². The molecule has 0 N–H and O–H groups in total. The Morgan fingerprint density at radius 2 is 1.95 bits per heavy atom. The highest BCUT2D eigenvalue weighted by Crippen LogP contribution is 2.31. The fourth-order valence-corrected chi connectivity index (χ4v) is 4.00. The zero-order valence-corrected chi connectivity index (χ0v) is 12.9. The molecule has 1 aliphatic rings. The molecule has 0 radical (unpaired) electrons. The standard InChI is InChI=1S/C13H14N4O2S2/c18-17(19)11-5-3-10(4-6-11)9-20-13-15-14-12(21-13)16-7-1-2-8-16/h3-6H,1-2,7-9H2. The summed E-state index contributed by atoms with van der Waals surface area (Å²) in [6.07, 6.45) is 2.45. The molecule has 2 heterocycles. The Hall–Kier alpha value is -1.67. The molecule has 0 aliphatic carbocycles. The molecule has 1 aliphatic heterocycles. The molecule has 110 valence electrons. The van der Waals surface area contributed by atoms with Crippen molar-refractivity contribution in [3.63, 3.8) is 0 Å². The van der Waals surface area contributed by atoms with Gasteiger partial charge in [0.2, 0.25) is 5.13 Å². The molecule has 1 aromatic heterocycles. The number of non-ortho nitro benzene ring substituents is 1. The van der Waals surface area contributed by atoms with Gasteiger partial charge in [-0.05, 0) is 18.4 Å². The molecular weight excluding hydrogens is 308 g/mol. The number of nitrogens with zero attached hydrogens (tertiary/aromatic N) is 4. The number of benzene rings is 1. The third kappa shape index (κ3) is 3.51. The lowest BCUT2D eigenvalue weighted by molar-refractivity contribution is -0.384. The monoisotopic (exact) mass is 322 g/mol. The molecule has 0 atom stereocenters. The lowest BCUT2D eigenvalue weighted by Gasteiger charge is -2.10. The number of rotatable bonds is 5. The highest BCUT2D eigenvalue weighted by Gasteiger charge is 2.16. The van der Waals surface area contributed by atoms with Gasteiger partial charge >= 0.3 is 0 Å². The first-order valence-electron chi connectivity index (χ1n) is 6.67. The van der Waals surface area contributed by atoms with Crippen LogP contribution in [0.5, 0.6) is 0 Å². The summed E-state index contributed by atoms with van der Waals surface area (Å²) in [5, 5.41) is 20.0. The minimum absolute atomic E-state index is 0.121. The average Bonchev–Trinajstić information content (AvgIpc) is 3.16. The number of aromatic nitrogens is 2. The Morgan fingerprint density at radius 3 is 2.62 bits per heavy atom. The number of thioether (sulfide) groups is 1. The fourth-order valence-electron chi connectivity index (χ4n) is 2.16. The quantitative estimate of drug-likeness (QED) is 0.477. The van der Waals surface area contributed by atoms with Gasteiger partial charge in [0.15, 0.2) is 4.34 Å². The van der Waals surface area contributed by atoms with Crippen molar-refractivity contribution in [3.05, 3.63) is 39.9 Å². The van der Waals surface area contributed by atoms with Crippen molar-refractivity contribution in [2.45, 2.75) is 22.9 Å². The Morgan fingerprint density at radius 1 is 1.24 bits per heavy atom. The number of nitro groups is 1. The first-order valence-corrected chi connectivity index (χ1v) is 8.47. The molecular formula is C13H14N4O2S2. The number of hydrogen-bond acceptors (Lipinski definition) is 7. The summed E-state index contributed by atoms with van der Waals surface area (Å²) >= 11 is 3.23. The molecule has 8 heteroatoms. The first kappa shape index (κ1) is 14.3. The van der Waals surface area contributed by atoms with Gasteiger partial charge in [-0.3, -0.25) is 10.1 Å². The van der Waals surface area contributed by atoms with Crippen LogP contribution in [-0.4, -0.2) is 28.2 Å². The van der Waals surface area contributed by atoms with Crippen molar-refractivity contribution < 1.29 is 4.92 Å². The van der Waals surface area contributed by atoms with Crippen molar-refractivity contribution in [2.24, 2.45) is 0 Å². The van der Waals surface area contributed by atoms with Crippen LogP contribution in [0.4, 0.5) is 10.8 Å². The second kappa shape index (κ2) is 6.40. The van der Waals surface area contributed by atoms with Crippen molar-refractivity contribution in [1.29, 1.82) is 0 Å². The van der Waals surface area contributed by atoms with Gasteiger partial charge in [-0.2, -0.15) is 0 Å². The number of nitro benzene ring substituents is 1. The van der Waals surface area contributed by atoms with Crippen molar-refractivity contribution in [2.75, 3.05) is 18.0 Å². The fraction of sp³-hybridized carbons (Fsp3) is 0.385. The van der Waals surface area contributed by atoms with E-state index in [1.807, 2.05) is 0 Å². The zero-order chi connectivity index (χ0) is 14.7. The van der Waals surface area contributed by atoms with Crippen molar-refractivity contribution >= 4 is 33.9 Å². The maximum atomic E-state index is 10.6. The van der Waals surface area contributed by atoms with E-state index in [0.717, 1.165) is 33.9 Å². The summed E-state index contributed by atoms with van der Waals surface area (Å²) in [7, 11) is 0. The number of anilines is 1. The van der Waals surface area contributed by atoms with Gasteiger partial charge in [0.25, 0.3) is 5.69 Å². The molecule has 0 unspecified atom stereocenters. The van der Waals surface area contributed by atoms with Crippen LogP contribution >= 0.6 is 23.1 Å². The van der Waals surface area contributed by atoms with Gasteiger partial charge in [0.05, 0.1) is 4.92 Å². The molecule has 6 nitrogen and oxygen atoms in total. The third-order valence-corrected chi connectivity index (χ3v) is 5.47. The molecule has 21 heavy (non-hydrogen) atoms. The molecule has 0 amide bonds. The maximum Gasteiger partial charge on any atom is 0.269 e. The maximum absolute atomic E-state index is 10.6. The van der Waals surface area contributed by atoms with Gasteiger partial charge in [0, 0.05) is 31.0 Å². The summed E-state index contributed by atoms with van der Waals surface area (Å²) in [5.74, 6) is 0.743. The van der Waals surface area contributed by atoms with Crippen LogP contribution < -0.4 is 4.90 Å². The van der Waals surface area contributed by atoms with E-state index in [9.17, 15) is 10.1 Å². The predicted octanol–water partition coefficient (Wildman–Crippen LogP) is 3.34. The first-order chi connectivity index (χ1) is 10.2. The van der Waals surface area contributed by atoms with Gasteiger partial charge < -0.3 is 4.90 Å². The van der Waals surface area contributed by atoms with Crippen molar-refractivity contribution in [1.82, 2.24) is 10.2 Å². The summed E-state index contributed by atoms with van der Waals surface area (Å²) in [5.41, 5.74) is 1.17. The van der Waals surface area contributed by atoms with Gasteiger partial charge in [0.1, 0.15) is 0 Å². The van der Waals surface area contributed by atoms with Gasteiger partial charge in [-0.1, -0.05) is 35.2 Å². The highest BCUT2D eigenvalue weighted by molar-refractivity contribution is 8.00. The van der Waals surface area contributed by atoms with E-state index in [1.54, 1.807) is 35.2 Å². The second-order valence-corrected chi connectivity index (χ2v) is 6.94. The predicted molar refractivity (Wildman–Crippen MR) is 84.0 cm³/mol. The summed E-state index contributed by atoms with van der Waals surface area (Å²) in [6.45, 7) is 2.14. The van der Waals surface area contributed by atoms with E-state index in [2.05, 4.69) is 15.1 Å². The van der Waals surface area contributed by atoms with E-state index in [1.165, 1.54) is 25.0 Å². The summed E-state index contributed by atoms with van der Waals surface area (Å²) in [4.78, 5) is 12.5. The SMILES string of the molecule is O=[N+]([O-])c1ccc(CSc2nnc(N3CCCC3)s2)cc1. The average molecular weight is 322 g/mol. The van der Waals surface area contributed by atoms with Crippen LogP contribution in [-0.2, 0) is 5.75 Å². The third-order valence-electron chi connectivity index (χ3n) is 3.28. The van der Waals surface area contributed by atoms with E-state index in [0.29, 0.717) is 0 Å². The van der Waals surface area contributed by atoms with E-state index in [-0.39, 0.29) is 10.6 Å². The number of hydrogen-bond donors (Lipinski definition) is 0. The van der Waals surface area contributed by atoms with Crippen LogP contribution in [0.25, 0.3) is 0 Å². The van der Waals surface area contributed by atoms with Crippen LogP contribution in [0.3, 0.4) is 0 Å². The largest absolute Gasteiger partial charge is 0.347 e. The molecule has 0 saturated carbocycles. The van der Waals surface area contributed by atoms with E-state index < -0.39 is 0 Å². The molecule has 1 aromatic carbocycles. The molecule has 3 rings (SSSR count). The molecule has 1 saturated heterocycles. The normalized spacial score (nSPS) is 14.6. The minimum atomic E-state index is -0.385. The van der Waals surface area contributed by atoms with E-state index >= 15 is 0 Å². The van der Waals surface area contributed by atoms with Crippen LogP contribution in [0.1, 0.15) is 18.4 Å². The summed E-state index contributed by atoms with van der Waals surface area (Å²) in [6, 6.07) is 6.64. The summed E-state index contributed by atoms with van der Waals surface area (Å²) < 4.78 is 0.940. The van der Waals surface area contributed by atoms with Crippen LogP contribution in [0, 0.1) is 10.1 Å². The van der Waals surface area contributed by atoms with Gasteiger partial charge in [-0.15, -0.1) is 10.2 Å². The topological polar surface area (TPSA) is 72.2 Å². The lowest BCUT2D eigenvalue weighted by atomic mass is 10.2. The van der Waals surface area contributed by atoms with Gasteiger partial charge in [-0.25, -0.2) is 0 Å². The van der Waals surface area contributed by atoms with Crippen molar-refractivity contribution in [3.8, 4) is 0 Å². The zero-order valence-electron chi connectivity index (χ0n) is 11.3. The Labute approximate surface area is 130 Å². The molecule has 1 fully saturated rings. The Bertz CT molecular complexity index is 623. The highest BCUT2D eigenvalue weighted by atomic mass is 32.2. The Balaban J connectivity index is 1.58. The molecule has 2 aromatic rings. The lowest BCUT2D eigenvalue weighted by Crippen LogP contribution is -2.17. The Kier molecular flexibility index (Phi) is 4.35. The van der Waals surface area contributed by atoms with Crippen LogP contribution in [0.15, 0.2) is 28.6 Å². The minimum Gasteiger partial charge on any atom is -0.347 e.